The van der Waals surface area contributed by atoms with Crippen LogP contribution in [0.2, 0.25) is 5.02 Å². The van der Waals surface area contributed by atoms with Gasteiger partial charge in [-0.25, -0.2) is 9.59 Å². The topological polar surface area (TPSA) is 135 Å². The van der Waals surface area contributed by atoms with Gasteiger partial charge in [-0.2, -0.15) is 0 Å². The number of aliphatic hydroxyl groups excluding tert-OH is 3. The van der Waals surface area contributed by atoms with Gasteiger partial charge in [0, 0.05) is 36.2 Å². The number of rotatable bonds is 6. The van der Waals surface area contributed by atoms with Gasteiger partial charge in [0.1, 0.15) is 0 Å². The Bertz CT molecular complexity index is 1280. The number of anilines is 1. The second kappa shape index (κ2) is 11.0. The first-order valence-corrected chi connectivity index (χ1v) is 15.3. The molecule has 1 aliphatic heterocycles. The molecule has 3 saturated carbocycles. The van der Waals surface area contributed by atoms with Crippen LogP contribution in [0.15, 0.2) is 29.5 Å². The fourth-order valence-electron chi connectivity index (χ4n) is 9.67. The number of aliphatic hydroxyl groups is 3. The third kappa shape index (κ3) is 4.62. The van der Waals surface area contributed by atoms with Crippen molar-refractivity contribution < 1.29 is 39.1 Å². The summed E-state index contributed by atoms with van der Waals surface area (Å²) < 4.78 is 17.0. The van der Waals surface area contributed by atoms with Gasteiger partial charge >= 0.3 is 11.9 Å². The maximum atomic E-state index is 13.3. The van der Waals surface area contributed by atoms with Crippen molar-refractivity contribution in [3.8, 4) is 0 Å². The summed E-state index contributed by atoms with van der Waals surface area (Å²) in [4.78, 5) is 25.5. The summed E-state index contributed by atoms with van der Waals surface area (Å²) in [6.07, 6.45) is 1.21. The van der Waals surface area contributed by atoms with E-state index in [-0.39, 0.29) is 52.8 Å². The molecule has 4 aliphatic rings. The predicted octanol–water partition coefficient (Wildman–Crippen LogP) is 5.10. The molecule has 3 fully saturated rings. The van der Waals surface area contributed by atoms with E-state index in [0.29, 0.717) is 22.7 Å². The standard InChI is InChI=1S/C32H44ClNO8/c1-16-20(40-6)14-22-30(2)12-10-23(35)32(4,15-41-27(37)18-13-17(33)7-8-19(18)34-5)21(30)9-11-31(22,3)25(16)24-26(36)29(39)42-28(24)38/h7-8,13,16,20-23,25,28,34-36,38H,9-12,14-15H2,1-6H3/t16-,20?,21?,22?,23-,25+,28?,30+,31-,32-/m0/s1. The van der Waals surface area contributed by atoms with Crippen LogP contribution in [0.3, 0.4) is 0 Å². The minimum absolute atomic E-state index is 0.0169. The van der Waals surface area contributed by atoms with E-state index in [1.165, 1.54) is 0 Å². The smallest absolute Gasteiger partial charge is 0.376 e. The number of esters is 2. The van der Waals surface area contributed by atoms with E-state index in [1.54, 1.807) is 32.4 Å². The molecular weight excluding hydrogens is 562 g/mol. The van der Waals surface area contributed by atoms with Crippen molar-refractivity contribution in [3.63, 3.8) is 0 Å². The van der Waals surface area contributed by atoms with E-state index in [9.17, 15) is 24.9 Å². The monoisotopic (exact) mass is 605 g/mol. The molecule has 4 N–H and O–H groups in total. The van der Waals surface area contributed by atoms with Gasteiger partial charge in [-0.15, -0.1) is 0 Å². The lowest BCUT2D eigenvalue weighted by atomic mass is 9.37. The highest BCUT2D eigenvalue weighted by atomic mass is 35.5. The van der Waals surface area contributed by atoms with Gasteiger partial charge in [0.25, 0.3) is 0 Å². The van der Waals surface area contributed by atoms with Gasteiger partial charge < -0.3 is 34.8 Å². The summed E-state index contributed by atoms with van der Waals surface area (Å²) in [7, 11) is 3.40. The van der Waals surface area contributed by atoms with Crippen LogP contribution in [0.25, 0.3) is 0 Å². The fourth-order valence-corrected chi connectivity index (χ4v) is 9.85. The van der Waals surface area contributed by atoms with Crippen molar-refractivity contribution in [2.24, 2.45) is 39.9 Å². The van der Waals surface area contributed by atoms with E-state index < -0.39 is 35.5 Å². The second-order valence-corrected chi connectivity index (χ2v) is 14.1. The van der Waals surface area contributed by atoms with Gasteiger partial charge in [0.15, 0.2) is 0 Å². The Morgan fingerprint density at radius 3 is 2.45 bits per heavy atom. The number of cyclic esters (lactones) is 1. The first-order valence-electron chi connectivity index (χ1n) is 14.9. The summed E-state index contributed by atoms with van der Waals surface area (Å²) >= 11 is 6.18. The lowest BCUT2D eigenvalue weighted by molar-refractivity contribution is -0.226. The normalized spacial score (nSPS) is 41.5. The Hall–Kier alpha value is -2.33. The van der Waals surface area contributed by atoms with Gasteiger partial charge in [0.2, 0.25) is 12.0 Å². The minimum Gasteiger partial charge on any atom is -0.502 e. The Morgan fingerprint density at radius 2 is 1.83 bits per heavy atom. The summed E-state index contributed by atoms with van der Waals surface area (Å²) in [5, 5.41) is 36.4. The van der Waals surface area contributed by atoms with Crippen LogP contribution in [-0.2, 0) is 19.0 Å². The lowest BCUT2D eigenvalue weighted by Crippen LogP contribution is -2.65. The van der Waals surface area contributed by atoms with E-state index in [1.807, 2.05) is 13.8 Å². The zero-order chi connectivity index (χ0) is 30.8. The highest BCUT2D eigenvalue weighted by molar-refractivity contribution is 6.31. The molecule has 1 aromatic rings. The van der Waals surface area contributed by atoms with Crippen molar-refractivity contribution in [1.82, 2.24) is 0 Å². The maximum Gasteiger partial charge on any atom is 0.376 e. The minimum atomic E-state index is -1.49. The number of halogens is 1. The third-order valence-corrected chi connectivity index (χ3v) is 12.0. The van der Waals surface area contributed by atoms with Crippen molar-refractivity contribution in [1.29, 1.82) is 0 Å². The van der Waals surface area contributed by atoms with Gasteiger partial charge in [0.05, 0.1) is 30.0 Å². The molecule has 0 radical (unpaired) electrons. The molecule has 42 heavy (non-hydrogen) atoms. The van der Waals surface area contributed by atoms with Crippen LogP contribution < -0.4 is 5.32 Å². The summed E-state index contributed by atoms with van der Waals surface area (Å²) in [6.45, 7) is 8.58. The van der Waals surface area contributed by atoms with E-state index in [2.05, 4.69) is 19.2 Å². The van der Waals surface area contributed by atoms with E-state index in [4.69, 9.17) is 25.8 Å². The number of ether oxygens (including phenoxy) is 3. The van der Waals surface area contributed by atoms with E-state index >= 15 is 0 Å². The molecule has 1 heterocycles. The molecule has 10 atom stereocenters. The molecule has 0 spiro atoms. The first kappa shape index (κ1) is 31.1. The number of carbonyl (C=O) groups excluding carboxylic acids is 2. The van der Waals surface area contributed by atoms with Crippen LogP contribution in [-0.4, -0.2) is 66.5 Å². The molecule has 0 aromatic heterocycles. The van der Waals surface area contributed by atoms with Crippen LogP contribution >= 0.6 is 11.6 Å². The molecule has 3 aliphatic carbocycles. The van der Waals surface area contributed by atoms with Crippen LogP contribution in [0, 0.1) is 39.9 Å². The molecular formula is C32H44ClNO8. The number of benzene rings is 1. The quantitative estimate of drug-likeness (QED) is 0.327. The van der Waals surface area contributed by atoms with Crippen LogP contribution in [0.4, 0.5) is 5.69 Å². The Labute approximate surface area is 252 Å². The summed E-state index contributed by atoms with van der Waals surface area (Å²) in [6, 6.07) is 5.01. The number of fused-ring (bicyclic) bond motifs is 3. The van der Waals surface area contributed by atoms with Crippen molar-refractivity contribution in [2.45, 2.75) is 78.3 Å². The molecule has 0 bridgehead atoms. The Morgan fingerprint density at radius 1 is 1.14 bits per heavy atom. The highest BCUT2D eigenvalue weighted by Gasteiger charge is 2.67. The molecule has 0 saturated heterocycles. The molecule has 4 unspecified atom stereocenters. The van der Waals surface area contributed by atoms with Crippen molar-refractivity contribution in [2.75, 3.05) is 26.1 Å². The number of methoxy groups -OCH3 is 1. The first-order chi connectivity index (χ1) is 19.7. The Balaban J connectivity index is 1.49. The number of carbonyl (C=O) groups is 2. The zero-order valence-electron chi connectivity index (χ0n) is 25.3. The maximum absolute atomic E-state index is 13.3. The SMILES string of the molecule is CNc1ccc(Cl)cc1C(=O)OC[C@@]1(C)C2CC[C@@]3(C)C(CC(OC)[C@H](C)[C@@H]3C3=C(O)C(=O)OC3O)[C@]2(C)CC[C@@H]1O. The molecule has 10 heteroatoms. The highest BCUT2D eigenvalue weighted by Crippen LogP contribution is 2.70. The van der Waals surface area contributed by atoms with Gasteiger partial charge in [-0.3, -0.25) is 0 Å². The average Bonchev–Trinajstić information content (AvgIpc) is 3.19. The largest absolute Gasteiger partial charge is 0.502 e. The van der Waals surface area contributed by atoms with Crippen LogP contribution in [0.5, 0.6) is 0 Å². The molecule has 5 rings (SSSR count). The lowest BCUT2D eigenvalue weighted by Gasteiger charge is -2.68. The molecule has 232 valence electrons. The number of nitrogens with one attached hydrogen (secondary N) is 1. The van der Waals surface area contributed by atoms with Crippen molar-refractivity contribution in [3.05, 3.63) is 40.1 Å². The van der Waals surface area contributed by atoms with Crippen LogP contribution in [0.1, 0.15) is 70.2 Å². The van der Waals surface area contributed by atoms with Crippen molar-refractivity contribution >= 4 is 29.2 Å². The zero-order valence-corrected chi connectivity index (χ0v) is 26.0. The average molecular weight is 606 g/mol. The Kier molecular flexibility index (Phi) is 8.14. The van der Waals surface area contributed by atoms with Gasteiger partial charge in [-0.1, -0.05) is 39.3 Å². The third-order valence-electron chi connectivity index (χ3n) is 11.7. The summed E-state index contributed by atoms with van der Waals surface area (Å²) in [5.41, 5.74) is -0.182. The number of hydrogen-bond acceptors (Lipinski definition) is 9. The second-order valence-electron chi connectivity index (χ2n) is 13.6. The fraction of sp³-hybridized carbons (Fsp3) is 0.688. The van der Waals surface area contributed by atoms with Gasteiger partial charge in [-0.05, 0) is 78.9 Å². The molecule has 1 aromatic carbocycles. The van der Waals surface area contributed by atoms with E-state index in [0.717, 1.165) is 25.7 Å². The molecule has 9 nitrogen and oxygen atoms in total. The summed E-state index contributed by atoms with van der Waals surface area (Å²) in [5.74, 6) is -2.25. The predicted molar refractivity (Wildman–Crippen MR) is 157 cm³/mol. The molecule has 0 amide bonds. The number of hydrogen-bond donors (Lipinski definition) is 4.